The van der Waals surface area contributed by atoms with Crippen LogP contribution < -0.4 is 5.32 Å². The maximum atomic E-state index is 12.5. The molecule has 1 N–H and O–H groups in total. The summed E-state index contributed by atoms with van der Waals surface area (Å²) in [5, 5.41) is 6.85. The molecule has 7 nitrogen and oxygen atoms in total. The number of piperazine rings is 1. The van der Waals surface area contributed by atoms with Crippen LogP contribution in [0, 0.1) is 0 Å². The molecule has 1 atom stereocenters. The van der Waals surface area contributed by atoms with Crippen LogP contribution in [0.5, 0.6) is 0 Å². The molecule has 1 fully saturated rings. The summed E-state index contributed by atoms with van der Waals surface area (Å²) in [5.41, 5.74) is 0.725. The molecule has 1 aliphatic rings. The van der Waals surface area contributed by atoms with Gasteiger partial charge in [0.2, 0.25) is 11.8 Å². The first-order chi connectivity index (χ1) is 11.3. The molecule has 0 spiro atoms. The second-order valence-corrected chi connectivity index (χ2v) is 6.97. The molecule has 0 radical (unpaired) electrons. The highest BCUT2D eigenvalue weighted by Crippen LogP contribution is 2.17. The van der Waals surface area contributed by atoms with Gasteiger partial charge in [0.15, 0.2) is 0 Å². The Morgan fingerprint density at radius 2 is 2.17 bits per heavy atom. The fraction of sp³-hybridized carbons (Fsp3) is 0.706. The maximum absolute atomic E-state index is 12.5. The third-order valence-corrected chi connectivity index (χ3v) is 4.37. The van der Waals surface area contributed by atoms with Crippen LogP contribution in [0.2, 0.25) is 0 Å². The highest BCUT2D eigenvalue weighted by molar-refractivity contribution is 5.88. The van der Waals surface area contributed by atoms with Gasteiger partial charge in [-0.1, -0.05) is 19.0 Å². The van der Waals surface area contributed by atoms with Crippen LogP contribution in [-0.4, -0.2) is 59.0 Å². The Balaban J connectivity index is 1.97. The summed E-state index contributed by atoms with van der Waals surface area (Å²) in [7, 11) is 1.73. The zero-order chi connectivity index (χ0) is 17.9. The SMILES string of the molecule is CC(C)c1cc(CN(C)C(=O)CC2C(=O)NCCN2C(C)C)no1. The fourth-order valence-corrected chi connectivity index (χ4v) is 2.89. The first kappa shape index (κ1) is 18.4. The average molecular weight is 336 g/mol. The molecule has 7 heteroatoms. The third kappa shape index (κ3) is 4.35. The van der Waals surface area contributed by atoms with Crippen molar-refractivity contribution in [3.8, 4) is 0 Å². The maximum Gasteiger partial charge on any atom is 0.237 e. The van der Waals surface area contributed by atoms with Crippen LogP contribution in [-0.2, 0) is 16.1 Å². The lowest BCUT2D eigenvalue weighted by molar-refractivity contribution is -0.139. The van der Waals surface area contributed by atoms with E-state index < -0.39 is 6.04 Å². The minimum Gasteiger partial charge on any atom is -0.361 e. The average Bonchev–Trinajstić information content (AvgIpc) is 2.97. The predicted molar refractivity (Wildman–Crippen MR) is 90.3 cm³/mol. The summed E-state index contributed by atoms with van der Waals surface area (Å²) in [4.78, 5) is 28.4. The second-order valence-electron chi connectivity index (χ2n) is 6.97. The Labute approximate surface area is 143 Å². The van der Waals surface area contributed by atoms with Crippen molar-refractivity contribution in [3.05, 3.63) is 17.5 Å². The number of amides is 2. The van der Waals surface area contributed by atoms with E-state index in [9.17, 15) is 9.59 Å². The lowest BCUT2D eigenvalue weighted by Gasteiger charge is -2.38. The lowest BCUT2D eigenvalue weighted by Crippen LogP contribution is -2.58. The molecular formula is C17H28N4O3. The number of aromatic nitrogens is 1. The van der Waals surface area contributed by atoms with Crippen LogP contribution >= 0.6 is 0 Å². The van der Waals surface area contributed by atoms with Crippen LogP contribution in [0.4, 0.5) is 0 Å². The first-order valence-electron chi connectivity index (χ1n) is 8.52. The van der Waals surface area contributed by atoms with Crippen molar-refractivity contribution in [2.45, 2.75) is 58.7 Å². The minimum absolute atomic E-state index is 0.0692. The van der Waals surface area contributed by atoms with Gasteiger partial charge in [0, 0.05) is 38.2 Å². The summed E-state index contributed by atoms with van der Waals surface area (Å²) < 4.78 is 5.26. The third-order valence-electron chi connectivity index (χ3n) is 4.37. The van der Waals surface area contributed by atoms with E-state index in [4.69, 9.17) is 4.52 Å². The molecule has 0 aromatic carbocycles. The van der Waals surface area contributed by atoms with Gasteiger partial charge in [-0.2, -0.15) is 0 Å². The standard InChI is InChI=1S/C17H28N4O3/c1-11(2)15-8-13(19-24-15)10-20(5)16(22)9-14-17(23)18-6-7-21(14)12(3)4/h8,11-12,14H,6-7,9-10H2,1-5H3,(H,18,23). The minimum atomic E-state index is -0.405. The van der Waals surface area contributed by atoms with E-state index in [2.05, 4.69) is 15.4 Å². The monoisotopic (exact) mass is 336 g/mol. The van der Waals surface area contributed by atoms with Gasteiger partial charge in [0.1, 0.15) is 11.5 Å². The Kier molecular flexibility index (Phi) is 5.99. The van der Waals surface area contributed by atoms with Crippen molar-refractivity contribution in [3.63, 3.8) is 0 Å². The number of carbonyl (C=O) groups excluding carboxylic acids is 2. The van der Waals surface area contributed by atoms with Crippen LogP contribution in [0.1, 0.15) is 51.5 Å². The second kappa shape index (κ2) is 7.79. The fourth-order valence-electron chi connectivity index (χ4n) is 2.89. The smallest absolute Gasteiger partial charge is 0.237 e. The van der Waals surface area contributed by atoms with Crippen LogP contribution in [0.3, 0.4) is 0 Å². The molecule has 134 valence electrons. The van der Waals surface area contributed by atoms with Crippen molar-refractivity contribution >= 4 is 11.8 Å². The number of hydrogen-bond donors (Lipinski definition) is 1. The Morgan fingerprint density at radius 1 is 1.46 bits per heavy atom. The number of nitrogens with one attached hydrogen (secondary N) is 1. The van der Waals surface area contributed by atoms with Crippen LogP contribution in [0.15, 0.2) is 10.6 Å². The summed E-state index contributed by atoms with van der Waals surface area (Å²) >= 11 is 0. The molecule has 1 aromatic rings. The molecule has 0 bridgehead atoms. The summed E-state index contributed by atoms with van der Waals surface area (Å²) in [6.07, 6.45) is 0.176. The molecule has 2 rings (SSSR count). The topological polar surface area (TPSA) is 78.7 Å². The van der Waals surface area contributed by atoms with Gasteiger partial charge < -0.3 is 14.7 Å². The predicted octanol–water partition coefficient (Wildman–Crippen LogP) is 1.36. The summed E-state index contributed by atoms with van der Waals surface area (Å²) in [6, 6.07) is 1.70. The summed E-state index contributed by atoms with van der Waals surface area (Å²) in [5.74, 6) is 0.929. The zero-order valence-electron chi connectivity index (χ0n) is 15.2. The van der Waals surface area contributed by atoms with Crippen LogP contribution in [0.25, 0.3) is 0 Å². The Hall–Kier alpha value is -1.89. The van der Waals surface area contributed by atoms with E-state index in [1.165, 1.54) is 0 Å². The van der Waals surface area contributed by atoms with E-state index >= 15 is 0 Å². The molecule has 1 aromatic heterocycles. The largest absolute Gasteiger partial charge is 0.361 e. The molecule has 1 saturated heterocycles. The van der Waals surface area contributed by atoms with Crippen molar-refractivity contribution < 1.29 is 14.1 Å². The van der Waals surface area contributed by atoms with Gasteiger partial charge in [0.25, 0.3) is 0 Å². The van der Waals surface area contributed by atoms with Gasteiger partial charge in [-0.15, -0.1) is 0 Å². The highest BCUT2D eigenvalue weighted by atomic mass is 16.5. The van der Waals surface area contributed by atoms with Crippen molar-refractivity contribution in [2.24, 2.45) is 0 Å². The molecular weight excluding hydrogens is 308 g/mol. The molecule has 1 aliphatic heterocycles. The molecule has 24 heavy (non-hydrogen) atoms. The molecule has 2 heterocycles. The number of rotatable bonds is 6. The highest BCUT2D eigenvalue weighted by Gasteiger charge is 2.33. The van der Waals surface area contributed by atoms with Gasteiger partial charge >= 0.3 is 0 Å². The molecule has 1 unspecified atom stereocenters. The zero-order valence-corrected chi connectivity index (χ0v) is 15.2. The van der Waals surface area contributed by atoms with Gasteiger partial charge in [-0.3, -0.25) is 14.5 Å². The van der Waals surface area contributed by atoms with Gasteiger partial charge in [0.05, 0.1) is 19.0 Å². The van der Waals surface area contributed by atoms with E-state index in [-0.39, 0.29) is 30.2 Å². The van der Waals surface area contributed by atoms with Gasteiger partial charge in [-0.25, -0.2) is 0 Å². The lowest BCUT2D eigenvalue weighted by atomic mass is 10.1. The van der Waals surface area contributed by atoms with E-state index in [0.29, 0.717) is 13.1 Å². The Bertz CT molecular complexity index is 582. The van der Waals surface area contributed by atoms with E-state index in [1.54, 1.807) is 11.9 Å². The molecule has 0 aliphatic carbocycles. The quantitative estimate of drug-likeness (QED) is 0.848. The Morgan fingerprint density at radius 3 is 2.75 bits per heavy atom. The van der Waals surface area contributed by atoms with E-state index in [0.717, 1.165) is 18.0 Å². The molecule has 0 saturated carbocycles. The van der Waals surface area contributed by atoms with Crippen molar-refractivity contribution in [2.75, 3.05) is 20.1 Å². The van der Waals surface area contributed by atoms with E-state index in [1.807, 2.05) is 33.8 Å². The number of nitrogens with zero attached hydrogens (tertiary/aromatic N) is 3. The number of carbonyl (C=O) groups is 2. The first-order valence-corrected chi connectivity index (χ1v) is 8.52. The van der Waals surface area contributed by atoms with Crippen molar-refractivity contribution in [1.29, 1.82) is 0 Å². The molecule has 2 amide bonds. The number of hydrogen-bond acceptors (Lipinski definition) is 5. The normalized spacial score (nSPS) is 19.0. The summed E-state index contributed by atoms with van der Waals surface area (Å²) in [6.45, 7) is 9.93. The van der Waals surface area contributed by atoms with Gasteiger partial charge in [-0.05, 0) is 13.8 Å². The van der Waals surface area contributed by atoms with Crippen molar-refractivity contribution in [1.82, 2.24) is 20.3 Å².